The van der Waals surface area contributed by atoms with E-state index in [4.69, 9.17) is 23.2 Å². The SMILES string of the molecule is CCNC(=O)CN1CCN(C(=O)CCc2ccc(Cl)cc2Cl)CC1. The van der Waals surface area contributed by atoms with Gasteiger partial charge in [0.2, 0.25) is 11.8 Å². The fourth-order valence-corrected chi connectivity index (χ4v) is 3.24. The molecule has 1 saturated heterocycles. The van der Waals surface area contributed by atoms with Crippen LogP contribution in [0.4, 0.5) is 0 Å². The zero-order chi connectivity index (χ0) is 17.5. The van der Waals surface area contributed by atoms with Crippen LogP contribution in [0.5, 0.6) is 0 Å². The summed E-state index contributed by atoms with van der Waals surface area (Å²) in [5.74, 6) is 0.160. The standard InChI is InChI=1S/C17H23Cl2N3O2/c1-2-20-16(23)12-21-7-9-22(10-8-21)17(24)6-4-13-3-5-14(18)11-15(13)19/h3,5,11H,2,4,6-10,12H2,1H3,(H,20,23). The Balaban J connectivity index is 1.75. The summed E-state index contributed by atoms with van der Waals surface area (Å²) in [5, 5.41) is 3.99. The summed E-state index contributed by atoms with van der Waals surface area (Å²) in [6.45, 7) is 5.72. The van der Waals surface area contributed by atoms with Gasteiger partial charge >= 0.3 is 0 Å². The van der Waals surface area contributed by atoms with Crippen molar-refractivity contribution in [3.8, 4) is 0 Å². The van der Waals surface area contributed by atoms with Gasteiger partial charge in [0.25, 0.3) is 0 Å². The van der Waals surface area contributed by atoms with Gasteiger partial charge in [-0.25, -0.2) is 0 Å². The van der Waals surface area contributed by atoms with E-state index in [9.17, 15) is 9.59 Å². The topological polar surface area (TPSA) is 52.7 Å². The molecule has 0 aromatic heterocycles. The molecule has 2 amide bonds. The van der Waals surface area contributed by atoms with Crippen LogP contribution in [0.2, 0.25) is 10.0 Å². The van der Waals surface area contributed by atoms with Crippen molar-refractivity contribution >= 4 is 35.0 Å². The summed E-state index contributed by atoms with van der Waals surface area (Å²) in [7, 11) is 0. The monoisotopic (exact) mass is 371 g/mol. The molecule has 0 saturated carbocycles. The second-order valence-electron chi connectivity index (χ2n) is 5.85. The van der Waals surface area contributed by atoms with Crippen molar-refractivity contribution in [3.05, 3.63) is 33.8 Å². The van der Waals surface area contributed by atoms with Crippen molar-refractivity contribution in [3.63, 3.8) is 0 Å². The van der Waals surface area contributed by atoms with Gasteiger partial charge in [0.15, 0.2) is 0 Å². The first-order chi connectivity index (χ1) is 11.5. The minimum atomic E-state index is 0.0367. The number of carbonyl (C=O) groups excluding carboxylic acids is 2. The number of nitrogens with one attached hydrogen (secondary N) is 1. The lowest BCUT2D eigenvalue weighted by atomic mass is 10.1. The van der Waals surface area contributed by atoms with E-state index in [1.807, 2.05) is 17.9 Å². The maximum absolute atomic E-state index is 12.3. The van der Waals surface area contributed by atoms with E-state index in [0.29, 0.717) is 49.1 Å². The van der Waals surface area contributed by atoms with Gasteiger partial charge in [0, 0.05) is 49.2 Å². The normalized spacial score (nSPS) is 15.4. The summed E-state index contributed by atoms with van der Waals surface area (Å²) in [6, 6.07) is 5.35. The van der Waals surface area contributed by atoms with Crippen LogP contribution in [0.3, 0.4) is 0 Å². The molecule has 1 heterocycles. The number of halogens is 2. The first-order valence-corrected chi connectivity index (χ1v) is 8.96. The molecule has 132 valence electrons. The lowest BCUT2D eigenvalue weighted by molar-refractivity contribution is -0.133. The quantitative estimate of drug-likeness (QED) is 0.833. The van der Waals surface area contributed by atoms with Crippen LogP contribution < -0.4 is 5.32 Å². The smallest absolute Gasteiger partial charge is 0.234 e. The predicted molar refractivity (Wildman–Crippen MR) is 96.5 cm³/mol. The molecule has 0 unspecified atom stereocenters. The third-order valence-electron chi connectivity index (χ3n) is 4.09. The van der Waals surface area contributed by atoms with E-state index in [0.717, 1.165) is 18.7 Å². The second kappa shape index (κ2) is 9.25. The van der Waals surface area contributed by atoms with Crippen LogP contribution in [0, 0.1) is 0 Å². The van der Waals surface area contributed by atoms with E-state index in [-0.39, 0.29) is 11.8 Å². The Bertz CT molecular complexity index is 587. The van der Waals surface area contributed by atoms with E-state index in [2.05, 4.69) is 10.2 Å². The number of likely N-dealkylation sites (N-methyl/N-ethyl adjacent to an activating group) is 1. The van der Waals surface area contributed by atoms with Crippen molar-refractivity contribution in [2.45, 2.75) is 19.8 Å². The number of hydrogen-bond donors (Lipinski definition) is 1. The molecule has 2 rings (SSSR count). The predicted octanol–water partition coefficient (Wildman–Crippen LogP) is 2.21. The fourth-order valence-electron chi connectivity index (χ4n) is 2.74. The van der Waals surface area contributed by atoms with Gasteiger partial charge in [-0.2, -0.15) is 0 Å². The number of hydrogen-bond acceptors (Lipinski definition) is 3. The molecule has 0 aliphatic carbocycles. The number of rotatable bonds is 6. The maximum Gasteiger partial charge on any atom is 0.234 e. The molecule has 0 bridgehead atoms. The number of carbonyl (C=O) groups is 2. The Labute approximate surface area is 152 Å². The second-order valence-corrected chi connectivity index (χ2v) is 6.69. The van der Waals surface area contributed by atoms with Crippen LogP contribution in [0.15, 0.2) is 18.2 Å². The van der Waals surface area contributed by atoms with Crippen LogP contribution in [-0.2, 0) is 16.0 Å². The van der Waals surface area contributed by atoms with E-state index < -0.39 is 0 Å². The molecular weight excluding hydrogens is 349 g/mol. The molecule has 1 aliphatic heterocycles. The summed E-state index contributed by atoms with van der Waals surface area (Å²) < 4.78 is 0. The lowest BCUT2D eigenvalue weighted by Gasteiger charge is -2.34. The Morgan fingerprint density at radius 1 is 1.17 bits per heavy atom. The van der Waals surface area contributed by atoms with Crippen LogP contribution in [-0.4, -0.2) is 60.9 Å². The highest BCUT2D eigenvalue weighted by Gasteiger charge is 2.22. The highest BCUT2D eigenvalue weighted by atomic mass is 35.5. The van der Waals surface area contributed by atoms with Gasteiger partial charge in [-0.15, -0.1) is 0 Å². The molecule has 0 spiro atoms. The van der Waals surface area contributed by atoms with E-state index in [1.54, 1.807) is 12.1 Å². The molecule has 0 radical (unpaired) electrons. The highest BCUT2D eigenvalue weighted by Crippen LogP contribution is 2.22. The number of aryl methyl sites for hydroxylation is 1. The van der Waals surface area contributed by atoms with Gasteiger partial charge in [0.1, 0.15) is 0 Å². The molecular formula is C17H23Cl2N3O2. The molecule has 1 aromatic carbocycles. The zero-order valence-electron chi connectivity index (χ0n) is 13.9. The first-order valence-electron chi connectivity index (χ1n) is 8.20. The van der Waals surface area contributed by atoms with Crippen molar-refractivity contribution in [1.82, 2.24) is 15.1 Å². The number of amides is 2. The molecule has 7 heteroatoms. The van der Waals surface area contributed by atoms with Crippen LogP contribution in [0.1, 0.15) is 18.9 Å². The third kappa shape index (κ3) is 5.65. The summed E-state index contributed by atoms with van der Waals surface area (Å²) in [5.41, 5.74) is 0.935. The summed E-state index contributed by atoms with van der Waals surface area (Å²) >= 11 is 12.0. The largest absolute Gasteiger partial charge is 0.355 e. The number of benzene rings is 1. The molecule has 1 aromatic rings. The maximum atomic E-state index is 12.3. The number of nitrogens with zero attached hydrogens (tertiary/aromatic N) is 2. The van der Waals surface area contributed by atoms with Crippen molar-refractivity contribution < 1.29 is 9.59 Å². The molecule has 1 N–H and O–H groups in total. The highest BCUT2D eigenvalue weighted by molar-refractivity contribution is 6.35. The molecule has 0 atom stereocenters. The Hall–Kier alpha value is -1.30. The van der Waals surface area contributed by atoms with E-state index >= 15 is 0 Å². The van der Waals surface area contributed by atoms with Crippen LogP contribution in [0.25, 0.3) is 0 Å². The third-order valence-corrected chi connectivity index (χ3v) is 4.68. The molecule has 1 aliphatic rings. The fraction of sp³-hybridized carbons (Fsp3) is 0.529. The molecule has 1 fully saturated rings. The minimum Gasteiger partial charge on any atom is -0.355 e. The Morgan fingerprint density at radius 3 is 2.50 bits per heavy atom. The molecule has 24 heavy (non-hydrogen) atoms. The van der Waals surface area contributed by atoms with Gasteiger partial charge in [0.05, 0.1) is 6.54 Å². The summed E-state index contributed by atoms with van der Waals surface area (Å²) in [6.07, 6.45) is 1.03. The van der Waals surface area contributed by atoms with Gasteiger partial charge in [-0.05, 0) is 31.0 Å². The Morgan fingerprint density at radius 2 is 1.88 bits per heavy atom. The average Bonchev–Trinajstić information content (AvgIpc) is 2.54. The average molecular weight is 372 g/mol. The van der Waals surface area contributed by atoms with Crippen molar-refractivity contribution in [2.24, 2.45) is 0 Å². The molecule has 5 nitrogen and oxygen atoms in total. The lowest BCUT2D eigenvalue weighted by Crippen LogP contribution is -2.51. The van der Waals surface area contributed by atoms with E-state index in [1.165, 1.54) is 0 Å². The van der Waals surface area contributed by atoms with Crippen molar-refractivity contribution in [1.29, 1.82) is 0 Å². The van der Waals surface area contributed by atoms with Gasteiger partial charge < -0.3 is 10.2 Å². The summed E-state index contributed by atoms with van der Waals surface area (Å²) in [4.78, 5) is 27.9. The van der Waals surface area contributed by atoms with Crippen LogP contribution >= 0.6 is 23.2 Å². The van der Waals surface area contributed by atoms with Gasteiger partial charge in [-0.1, -0.05) is 29.3 Å². The minimum absolute atomic E-state index is 0.0367. The zero-order valence-corrected chi connectivity index (χ0v) is 15.4. The Kier molecular flexibility index (Phi) is 7.34. The van der Waals surface area contributed by atoms with Gasteiger partial charge in [-0.3, -0.25) is 14.5 Å². The number of piperazine rings is 1. The first kappa shape index (κ1) is 19.0. The van der Waals surface area contributed by atoms with Crippen molar-refractivity contribution in [2.75, 3.05) is 39.3 Å².